The molecule has 9 nitrogen and oxygen atoms in total. The summed E-state index contributed by atoms with van der Waals surface area (Å²) in [6.07, 6.45) is 0.161. The summed E-state index contributed by atoms with van der Waals surface area (Å²) in [6, 6.07) is 16.4. The molecule has 2 saturated heterocycles. The summed E-state index contributed by atoms with van der Waals surface area (Å²) in [7, 11) is 0. The summed E-state index contributed by atoms with van der Waals surface area (Å²) in [6.45, 7) is 8.07. The van der Waals surface area contributed by atoms with Crippen molar-refractivity contribution in [3.8, 4) is 0 Å². The molecule has 2 atom stereocenters. The lowest BCUT2D eigenvalue weighted by molar-refractivity contribution is -0.120. The molecule has 2 fully saturated rings. The van der Waals surface area contributed by atoms with Crippen LogP contribution in [0, 0.1) is 0 Å². The van der Waals surface area contributed by atoms with Gasteiger partial charge in [-0.05, 0) is 57.0 Å². The first-order valence-corrected chi connectivity index (χ1v) is 13.0. The van der Waals surface area contributed by atoms with Crippen molar-refractivity contribution in [1.82, 2.24) is 14.8 Å². The Morgan fingerprint density at radius 1 is 1.00 bits per heavy atom. The molecule has 3 aromatic rings. The lowest BCUT2D eigenvalue weighted by Gasteiger charge is -2.30. The summed E-state index contributed by atoms with van der Waals surface area (Å²) in [5.74, 6) is -0.501. The van der Waals surface area contributed by atoms with E-state index in [1.165, 1.54) is 4.90 Å². The largest absolute Gasteiger partial charge is 0.444 e. The standard InChI is InChI=1S/C29H34N4O5/c1-29(2,3)38-28(36)33-12-11-22(19-7-5-4-6-8-19)25(33)26(34)30-21-9-10-23-20(17-21)18-24(31-23)27(35)32-13-15-37-16-14-32/h4-10,17-18,22,25,31H,11-16H2,1-3H3,(H,30,34)/t22?,25-/m0/s1. The Morgan fingerprint density at radius 3 is 2.45 bits per heavy atom. The number of aromatic nitrogens is 1. The van der Waals surface area contributed by atoms with Crippen LogP contribution in [0.25, 0.3) is 10.9 Å². The maximum Gasteiger partial charge on any atom is 0.410 e. The van der Waals surface area contributed by atoms with Crippen LogP contribution < -0.4 is 5.32 Å². The number of hydrogen-bond donors (Lipinski definition) is 2. The summed E-state index contributed by atoms with van der Waals surface area (Å²) < 4.78 is 11.0. The van der Waals surface area contributed by atoms with E-state index in [0.29, 0.717) is 50.7 Å². The molecule has 1 unspecified atom stereocenters. The summed E-state index contributed by atoms with van der Waals surface area (Å²) in [4.78, 5) is 46.1. The maximum atomic E-state index is 13.7. The van der Waals surface area contributed by atoms with Gasteiger partial charge >= 0.3 is 6.09 Å². The van der Waals surface area contributed by atoms with Gasteiger partial charge in [0, 0.05) is 42.1 Å². The fraction of sp³-hybridized carbons (Fsp3) is 0.414. The van der Waals surface area contributed by atoms with Crippen LogP contribution in [0.3, 0.4) is 0 Å². The van der Waals surface area contributed by atoms with E-state index in [9.17, 15) is 14.4 Å². The van der Waals surface area contributed by atoms with Crippen LogP contribution in [0.2, 0.25) is 0 Å². The van der Waals surface area contributed by atoms with Gasteiger partial charge in [0.15, 0.2) is 0 Å². The zero-order valence-corrected chi connectivity index (χ0v) is 22.0. The second-order valence-corrected chi connectivity index (χ2v) is 10.8. The van der Waals surface area contributed by atoms with Gasteiger partial charge in [-0.3, -0.25) is 14.5 Å². The minimum atomic E-state index is -0.715. The number of hydrogen-bond acceptors (Lipinski definition) is 5. The molecule has 3 amide bonds. The number of nitrogens with one attached hydrogen (secondary N) is 2. The first-order chi connectivity index (χ1) is 18.2. The predicted molar refractivity (Wildman–Crippen MR) is 144 cm³/mol. The lowest BCUT2D eigenvalue weighted by Crippen LogP contribution is -2.47. The van der Waals surface area contributed by atoms with Crippen molar-refractivity contribution in [3.05, 3.63) is 65.9 Å². The van der Waals surface area contributed by atoms with Gasteiger partial charge in [0.2, 0.25) is 5.91 Å². The Bertz CT molecular complexity index is 1320. The number of anilines is 1. The summed E-state index contributed by atoms with van der Waals surface area (Å²) in [5.41, 5.74) is 2.23. The number of H-pyrrole nitrogens is 1. The number of nitrogens with zero attached hydrogens (tertiary/aromatic N) is 2. The van der Waals surface area contributed by atoms with E-state index < -0.39 is 17.7 Å². The van der Waals surface area contributed by atoms with Crippen LogP contribution in [0.15, 0.2) is 54.6 Å². The van der Waals surface area contributed by atoms with Crippen LogP contribution >= 0.6 is 0 Å². The van der Waals surface area contributed by atoms with Gasteiger partial charge in [-0.2, -0.15) is 0 Å². The third-order valence-electron chi connectivity index (χ3n) is 6.94. The molecular weight excluding hydrogens is 484 g/mol. The molecule has 38 heavy (non-hydrogen) atoms. The Balaban J connectivity index is 1.37. The topological polar surface area (TPSA) is 104 Å². The van der Waals surface area contributed by atoms with Crippen molar-refractivity contribution in [3.63, 3.8) is 0 Å². The Hall–Kier alpha value is -3.85. The quantitative estimate of drug-likeness (QED) is 0.534. The average molecular weight is 519 g/mol. The first kappa shape index (κ1) is 25.8. The summed E-state index contributed by atoms with van der Waals surface area (Å²) >= 11 is 0. The molecule has 9 heteroatoms. The van der Waals surface area contributed by atoms with E-state index in [4.69, 9.17) is 9.47 Å². The minimum Gasteiger partial charge on any atom is -0.444 e. The molecule has 200 valence electrons. The number of carbonyl (C=O) groups excluding carboxylic acids is 3. The highest BCUT2D eigenvalue weighted by molar-refractivity contribution is 6.01. The van der Waals surface area contributed by atoms with E-state index >= 15 is 0 Å². The number of rotatable bonds is 4. The van der Waals surface area contributed by atoms with E-state index in [2.05, 4.69) is 10.3 Å². The third kappa shape index (κ3) is 5.52. The molecule has 2 aliphatic rings. The number of benzene rings is 2. The third-order valence-corrected chi connectivity index (χ3v) is 6.94. The number of morpholine rings is 1. The Labute approximate surface area is 222 Å². The summed E-state index contributed by atoms with van der Waals surface area (Å²) in [5, 5.41) is 3.83. The fourth-order valence-corrected chi connectivity index (χ4v) is 5.17. The molecule has 0 bridgehead atoms. The highest BCUT2D eigenvalue weighted by atomic mass is 16.6. The highest BCUT2D eigenvalue weighted by Crippen LogP contribution is 2.35. The monoisotopic (exact) mass is 518 g/mol. The smallest absolute Gasteiger partial charge is 0.410 e. The van der Waals surface area contributed by atoms with Gasteiger partial charge in [0.1, 0.15) is 17.3 Å². The average Bonchev–Trinajstić information content (AvgIpc) is 3.53. The molecule has 1 aromatic heterocycles. The second-order valence-electron chi connectivity index (χ2n) is 10.8. The molecule has 0 radical (unpaired) electrons. The molecule has 2 aromatic carbocycles. The molecule has 0 spiro atoms. The number of fused-ring (bicyclic) bond motifs is 1. The van der Waals surface area contributed by atoms with Crippen LogP contribution in [0.4, 0.5) is 10.5 Å². The van der Waals surface area contributed by atoms with Crippen LogP contribution in [0.1, 0.15) is 49.2 Å². The highest BCUT2D eigenvalue weighted by Gasteiger charge is 2.44. The van der Waals surface area contributed by atoms with Crippen LogP contribution in [-0.2, 0) is 14.3 Å². The van der Waals surface area contributed by atoms with Crippen LogP contribution in [-0.4, -0.2) is 77.2 Å². The van der Waals surface area contributed by atoms with Crippen molar-refractivity contribution < 1.29 is 23.9 Å². The number of carbonyl (C=O) groups is 3. The van der Waals surface area contributed by atoms with Gasteiger partial charge in [-0.25, -0.2) is 4.79 Å². The van der Waals surface area contributed by atoms with Gasteiger partial charge in [0.05, 0.1) is 13.2 Å². The zero-order valence-electron chi connectivity index (χ0n) is 22.0. The van der Waals surface area contributed by atoms with Crippen molar-refractivity contribution in [2.75, 3.05) is 38.2 Å². The van der Waals surface area contributed by atoms with E-state index in [-0.39, 0.29) is 17.7 Å². The fourth-order valence-electron chi connectivity index (χ4n) is 5.17. The number of ether oxygens (including phenoxy) is 2. The Morgan fingerprint density at radius 2 is 1.74 bits per heavy atom. The van der Waals surface area contributed by atoms with Gasteiger partial charge in [0.25, 0.3) is 5.91 Å². The van der Waals surface area contributed by atoms with E-state index in [1.807, 2.05) is 63.2 Å². The van der Waals surface area contributed by atoms with E-state index in [1.54, 1.807) is 17.0 Å². The van der Waals surface area contributed by atoms with Gasteiger partial charge in [-0.15, -0.1) is 0 Å². The predicted octanol–water partition coefficient (Wildman–Crippen LogP) is 4.37. The van der Waals surface area contributed by atoms with Crippen LogP contribution in [0.5, 0.6) is 0 Å². The second kappa shape index (κ2) is 10.5. The van der Waals surface area contributed by atoms with Gasteiger partial charge in [-0.1, -0.05) is 30.3 Å². The Kier molecular flexibility index (Phi) is 7.12. The number of aromatic amines is 1. The SMILES string of the molecule is CC(C)(C)OC(=O)N1CCC(c2ccccc2)[C@H]1C(=O)Nc1ccc2[nH]c(C(=O)N3CCOCC3)cc2c1. The minimum absolute atomic E-state index is 0.0697. The van der Waals surface area contributed by atoms with Gasteiger partial charge < -0.3 is 24.7 Å². The van der Waals surface area contributed by atoms with Crippen molar-refractivity contribution >= 4 is 34.5 Å². The van der Waals surface area contributed by atoms with Crippen molar-refractivity contribution in [2.24, 2.45) is 0 Å². The zero-order chi connectivity index (χ0) is 26.9. The molecule has 0 saturated carbocycles. The first-order valence-electron chi connectivity index (χ1n) is 13.0. The molecular formula is C29H34N4O5. The molecule has 5 rings (SSSR count). The molecule has 3 heterocycles. The van der Waals surface area contributed by atoms with Crippen molar-refractivity contribution in [2.45, 2.75) is 44.8 Å². The molecule has 2 N–H and O–H groups in total. The van der Waals surface area contributed by atoms with E-state index in [0.717, 1.165) is 16.5 Å². The number of likely N-dealkylation sites (tertiary alicyclic amines) is 1. The normalized spacial score (nSPS) is 20.0. The molecule has 0 aliphatic carbocycles. The lowest BCUT2D eigenvalue weighted by atomic mass is 9.91. The maximum absolute atomic E-state index is 13.7. The molecule has 2 aliphatic heterocycles. The van der Waals surface area contributed by atoms with Crippen molar-refractivity contribution in [1.29, 1.82) is 0 Å². The number of amides is 3.